The largest absolute Gasteiger partial charge is 0.379 e. The van der Waals surface area contributed by atoms with Gasteiger partial charge in [-0.3, -0.25) is 5.32 Å². The molecule has 7 heavy (non-hydrogen) atoms. The molecule has 0 saturated heterocycles. The van der Waals surface area contributed by atoms with Gasteiger partial charge >= 0.3 is 0 Å². The summed E-state index contributed by atoms with van der Waals surface area (Å²) in [6.45, 7) is 2.01. The lowest BCUT2D eigenvalue weighted by molar-refractivity contribution is 0.675. The van der Waals surface area contributed by atoms with Gasteiger partial charge in [-0.1, -0.05) is 6.08 Å². The molecule has 2 N–H and O–H groups in total. The van der Waals surface area contributed by atoms with E-state index in [1.807, 2.05) is 6.20 Å². The summed E-state index contributed by atoms with van der Waals surface area (Å²) in [5.74, 6) is 0. The van der Waals surface area contributed by atoms with Gasteiger partial charge < -0.3 is 5.32 Å². The van der Waals surface area contributed by atoms with Crippen molar-refractivity contribution in [3.8, 4) is 0 Å². The van der Waals surface area contributed by atoms with Crippen molar-refractivity contribution in [2.24, 2.45) is 0 Å². The normalized spacial score (nSPS) is 20.6. The highest BCUT2D eigenvalue weighted by Gasteiger charge is 1.84. The van der Waals surface area contributed by atoms with Crippen molar-refractivity contribution in [1.29, 1.82) is 0 Å². The molecule has 0 atom stereocenters. The second-order valence-corrected chi connectivity index (χ2v) is 1.57. The summed E-state index contributed by atoms with van der Waals surface area (Å²) in [4.78, 5) is 0. The SMILES string of the molecule is C1=CNCNCC1. The van der Waals surface area contributed by atoms with E-state index in [9.17, 15) is 0 Å². The highest BCUT2D eigenvalue weighted by atomic mass is 15.0. The molecule has 0 aromatic carbocycles. The maximum atomic E-state index is 3.17. The highest BCUT2D eigenvalue weighted by Crippen LogP contribution is 1.79. The predicted molar refractivity (Wildman–Crippen MR) is 29.8 cm³/mol. The van der Waals surface area contributed by atoms with E-state index in [-0.39, 0.29) is 0 Å². The molecule has 0 fully saturated rings. The Morgan fingerprint density at radius 3 is 3.43 bits per heavy atom. The molecule has 0 amide bonds. The van der Waals surface area contributed by atoms with Crippen LogP contribution in [-0.4, -0.2) is 13.2 Å². The first-order chi connectivity index (χ1) is 3.50. The van der Waals surface area contributed by atoms with Crippen LogP contribution < -0.4 is 10.6 Å². The average Bonchev–Trinajstić information content (AvgIpc) is 1.90. The maximum absolute atomic E-state index is 3.17. The van der Waals surface area contributed by atoms with Crippen molar-refractivity contribution < 1.29 is 0 Å². The first kappa shape index (κ1) is 4.65. The van der Waals surface area contributed by atoms with Gasteiger partial charge in [-0.2, -0.15) is 0 Å². The van der Waals surface area contributed by atoms with Crippen LogP contribution in [0.2, 0.25) is 0 Å². The van der Waals surface area contributed by atoms with E-state index < -0.39 is 0 Å². The van der Waals surface area contributed by atoms with Crippen molar-refractivity contribution >= 4 is 0 Å². The fourth-order valence-corrected chi connectivity index (χ4v) is 0.572. The Balaban J connectivity index is 2.20. The summed E-state index contributed by atoms with van der Waals surface area (Å²) in [6.07, 6.45) is 5.26. The monoisotopic (exact) mass is 98.1 g/mol. The Morgan fingerprint density at radius 1 is 1.43 bits per heavy atom. The second-order valence-electron chi connectivity index (χ2n) is 1.57. The van der Waals surface area contributed by atoms with Gasteiger partial charge in [0.25, 0.3) is 0 Å². The lowest BCUT2D eigenvalue weighted by atomic mass is 10.4. The van der Waals surface area contributed by atoms with E-state index in [4.69, 9.17) is 0 Å². The molecule has 1 heterocycles. The quantitative estimate of drug-likeness (QED) is 0.447. The minimum Gasteiger partial charge on any atom is -0.379 e. The topological polar surface area (TPSA) is 24.1 Å². The molecule has 0 unspecified atom stereocenters. The molecule has 1 rings (SSSR count). The Hall–Kier alpha value is -0.500. The van der Waals surface area contributed by atoms with Gasteiger partial charge in [-0.15, -0.1) is 0 Å². The lowest BCUT2D eigenvalue weighted by Crippen LogP contribution is -2.23. The number of hydrogen-bond donors (Lipinski definition) is 2. The zero-order valence-corrected chi connectivity index (χ0v) is 4.28. The fraction of sp³-hybridized carbons (Fsp3) is 0.600. The van der Waals surface area contributed by atoms with Gasteiger partial charge in [0.2, 0.25) is 0 Å². The lowest BCUT2D eigenvalue weighted by Gasteiger charge is -1.95. The molecule has 0 aromatic rings. The van der Waals surface area contributed by atoms with Gasteiger partial charge in [0, 0.05) is 6.54 Å². The summed E-state index contributed by atoms with van der Waals surface area (Å²) in [5.41, 5.74) is 0. The predicted octanol–water partition coefficient (Wildman–Crippen LogP) is 0.0405. The highest BCUT2D eigenvalue weighted by molar-refractivity contribution is 4.82. The second kappa shape index (κ2) is 2.64. The van der Waals surface area contributed by atoms with Crippen LogP contribution in [0.1, 0.15) is 6.42 Å². The minimum atomic E-state index is 0.913. The fourth-order valence-electron chi connectivity index (χ4n) is 0.572. The summed E-state index contributed by atoms with van der Waals surface area (Å²) < 4.78 is 0. The molecule has 40 valence electrons. The van der Waals surface area contributed by atoms with Crippen LogP contribution >= 0.6 is 0 Å². The molecule has 0 aliphatic carbocycles. The van der Waals surface area contributed by atoms with Gasteiger partial charge in [0.05, 0.1) is 6.67 Å². The standard InChI is InChI=1S/C5H10N2/c1-2-4-7-5-6-3-1/h1,3,6-7H,2,4-5H2. The summed E-state index contributed by atoms with van der Waals surface area (Å²) >= 11 is 0. The van der Waals surface area contributed by atoms with Crippen molar-refractivity contribution in [2.45, 2.75) is 6.42 Å². The molecular weight excluding hydrogens is 88.1 g/mol. The van der Waals surface area contributed by atoms with Crippen LogP contribution in [0.4, 0.5) is 0 Å². The molecule has 0 bridgehead atoms. The van der Waals surface area contributed by atoms with Gasteiger partial charge in [-0.05, 0) is 12.6 Å². The van der Waals surface area contributed by atoms with E-state index in [1.165, 1.54) is 0 Å². The van der Waals surface area contributed by atoms with Gasteiger partial charge in [0.1, 0.15) is 0 Å². The molecule has 2 nitrogen and oxygen atoms in total. The van der Waals surface area contributed by atoms with E-state index in [0.29, 0.717) is 0 Å². The molecule has 0 spiro atoms. The minimum absolute atomic E-state index is 0.913. The Morgan fingerprint density at radius 2 is 2.43 bits per heavy atom. The van der Waals surface area contributed by atoms with Crippen LogP contribution in [0.25, 0.3) is 0 Å². The molecule has 0 aromatic heterocycles. The van der Waals surface area contributed by atoms with E-state index in [1.54, 1.807) is 0 Å². The van der Waals surface area contributed by atoms with Crippen molar-refractivity contribution in [3.05, 3.63) is 12.3 Å². The number of nitrogens with one attached hydrogen (secondary N) is 2. The Bertz CT molecular complexity index is 60.5. The van der Waals surface area contributed by atoms with Crippen LogP contribution in [-0.2, 0) is 0 Å². The summed E-state index contributed by atoms with van der Waals surface area (Å²) in [5, 5.41) is 6.23. The Labute approximate surface area is 43.6 Å². The van der Waals surface area contributed by atoms with Gasteiger partial charge in [-0.25, -0.2) is 0 Å². The van der Waals surface area contributed by atoms with Crippen LogP contribution in [0, 0.1) is 0 Å². The Kier molecular flexibility index (Phi) is 1.75. The van der Waals surface area contributed by atoms with E-state index in [0.717, 1.165) is 19.6 Å². The summed E-state index contributed by atoms with van der Waals surface area (Å²) in [6, 6.07) is 0. The number of rotatable bonds is 0. The first-order valence-corrected chi connectivity index (χ1v) is 2.59. The zero-order valence-electron chi connectivity index (χ0n) is 4.28. The van der Waals surface area contributed by atoms with Crippen LogP contribution in [0.5, 0.6) is 0 Å². The average molecular weight is 98.1 g/mol. The molecule has 1 aliphatic rings. The van der Waals surface area contributed by atoms with Crippen molar-refractivity contribution in [3.63, 3.8) is 0 Å². The smallest absolute Gasteiger partial charge is 0.0648 e. The van der Waals surface area contributed by atoms with E-state index >= 15 is 0 Å². The molecule has 0 saturated carbocycles. The molecule has 0 radical (unpaired) electrons. The third kappa shape index (κ3) is 1.59. The molecular formula is C5H10N2. The molecule has 2 heteroatoms. The third-order valence-corrected chi connectivity index (χ3v) is 0.951. The first-order valence-electron chi connectivity index (χ1n) is 2.59. The maximum Gasteiger partial charge on any atom is 0.0648 e. The van der Waals surface area contributed by atoms with Crippen LogP contribution in [0.3, 0.4) is 0 Å². The van der Waals surface area contributed by atoms with Crippen molar-refractivity contribution in [1.82, 2.24) is 10.6 Å². The third-order valence-electron chi connectivity index (χ3n) is 0.951. The zero-order chi connectivity index (χ0) is 4.95. The molecule has 1 aliphatic heterocycles. The van der Waals surface area contributed by atoms with Gasteiger partial charge in [0.15, 0.2) is 0 Å². The van der Waals surface area contributed by atoms with Crippen LogP contribution in [0.15, 0.2) is 12.3 Å². The number of hydrogen-bond acceptors (Lipinski definition) is 2. The van der Waals surface area contributed by atoms with Crippen molar-refractivity contribution in [2.75, 3.05) is 13.2 Å². The van der Waals surface area contributed by atoms with E-state index in [2.05, 4.69) is 16.7 Å². The summed E-state index contributed by atoms with van der Waals surface area (Å²) in [7, 11) is 0.